The van der Waals surface area contributed by atoms with Gasteiger partial charge in [0, 0.05) is 0 Å². The fraction of sp³-hybridized carbons (Fsp3) is 0. The van der Waals surface area contributed by atoms with Gasteiger partial charge in [0.05, 0.1) is 73.8 Å². The van der Waals surface area contributed by atoms with Gasteiger partial charge in [-0.25, -0.2) is 9.98 Å². The Balaban J connectivity index is 1.68. The van der Waals surface area contributed by atoms with E-state index in [1.54, 1.807) is 24.3 Å². The molecule has 36 heavy (non-hydrogen) atoms. The Hall–Kier alpha value is -1.74. The average Bonchev–Trinajstić information content (AvgIpc) is 3.35. The molecule has 14 heteroatoms. The fourth-order valence-electron chi connectivity index (χ4n) is 3.66. The second-order valence-electron chi connectivity index (χ2n) is 7.33. The van der Waals surface area contributed by atoms with E-state index in [1.807, 2.05) is 0 Å². The molecule has 2 aliphatic rings. The highest BCUT2D eigenvalue weighted by Gasteiger charge is 2.35. The Morgan fingerprint density at radius 3 is 1.11 bits per heavy atom. The zero-order valence-electron chi connectivity index (χ0n) is 17.0. The van der Waals surface area contributed by atoms with Crippen molar-refractivity contribution in [2.75, 3.05) is 0 Å². The van der Waals surface area contributed by atoms with Crippen molar-refractivity contribution in [3.8, 4) is 0 Å². The zero-order valence-corrected chi connectivity index (χ0v) is 23.1. The number of hydrogen-bond acceptors (Lipinski definition) is 4. The lowest BCUT2D eigenvalue weighted by Gasteiger charge is -2.09. The molecule has 0 bridgehead atoms. The summed E-state index contributed by atoms with van der Waals surface area (Å²) in [7, 11) is 0. The lowest BCUT2D eigenvalue weighted by Crippen LogP contribution is -2.21. The molecule has 3 aromatic carbocycles. The summed E-state index contributed by atoms with van der Waals surface area (Å²) >= 11 is 49.8. The van der Waals surface area contributed by atoms with Gasteiger partial charge in [-0.1, -0.05) is 105 Å². The van der Waals surface area contributed by atoms with E-state index in [4.69, 9.17) is 92.8 Å². The third-order valence-electron chi connectivity index (χ3n) is 5.27. The fourth-order valence-corrected chi connectivity index (χ4v) is 5.72. The molecule has 2 N–H and O–H groups in total. The zero-order chi connectivity index (χ0) is 26.0. The highest BCUT2D eigenvalue weighted by atomic mass is 35.5. The minimum absolute atomic E-state index is 0.00638. The second kappa shape index (κ2) is 9.53. The van der Waals surface area contributed by atoms with Crippen molar-refractivity contribution in [3.05, 3.63) is 86.7 Å². The van der Waals surface area contributed by atoms with Gasteiger partial charge < -0.3 is 10.6 Å². The van der Waals surface area contributed by atoms with Gasteiger partial charge in [0.2, 0.25) is 0 Å². The van der Waals surface area contributed by atoms with Gasteiger partial charge in [-0.2, -0.15) is 0 Å². The first-order chi connectivity index (χ1) is 17.0. The van der Waals surface area contributed by atoms with Crippen LogP contribution < -0.4 is 10.6 Å². The topological polar surface area (TPSA) is 82.9 Å². The van der Waals surface area contributed by atoms with E-state index in [0.717, 1.165) is 0 Å². The lowest BCUT2D eigenvalue weighted by atomic mass is 10.1. The number of para-hydroxylation sites is 2. The molecule has 2 aliphatic heterocycles. The van der Waals surface area contributed by atoms with E-state index < -0.39 is 11.8 Å². The number of amides is 2. The maximum absolute atomic E-state index is 12.6. The molecule has 2 amide bonds. The molecule has 0 atom stereocenters. The van der Waals surface area contributed by atoms with Crippen LogP contribution in [0.5, 0.6) is 0 Å². The molecular formula is C22H6Cl8N4O2. The number of rotatable bonds is 2. The number of nitrogens with one attached hydrogen (secondary N) is 2. The summed E-state index contributed by atoms with van der Waals surface area (Å²) in [4.78, 5) is 34.3. The van der Waals surface area contributed by atoms with Crippen LogP contribution in [0.4, 0.5) is 11.4 Å². The van der Waals surface area contributed by atoms with Crippen LogP contribution in [0, 0.1) is 0 Å². The molecule has 182 valence electrons. The summed E-state index contributed by atoms with van der Waals surface area (Å²) in [5.74, 6) is -0.939. The minimum Gasteiger partial charge on any atom is -0.306 e. The molecule has 0 aliphatic carbocycles. The summed E-state index contributed by atoms with van der Waals surface area (Å²) in [6.45, 7) is 0. The van der Waals surface area contributed by atoms with E-state index in [0.29, 0.717) is 11.4 Å². The molecular weight excluding hydrogens is 636 g/mol. The third kappa shape index (κ3) is 3.96. The molecule has 0 unspecified atom stereocenters. The third-order valence-corrected chi connectivity index (χ3v) is 8.88. The van der Waals surface area contributed by atoms with Crippen molar-refractivity contribution in [3.63, 3.8) is 0 Å². The molecule has 0 saturated heterocycles. The standard InChI is InChI=1S/C22H6Cl8N4O2/c23-11-7-9(13(25)17(29)15(11)27)21(35)33-19(7)31-5-3-1-2-4-6(5)32-20-8-10(22(36)34-20)14(26)18(30)16(28)12(8)24/h1-4H,(H,31,33,35)(H,32,34,36). The molecule has 5 rings (SSSR count). The molecule has 3 aromatic rings. The van der Waals surface area contributed by atoms with Crippen molar-refractivity contribution >= 4 is 128 Å². The van der Waals surface area contributed by atoms with Crippen LogP contribution in [0.1, 0.15) is 31.8 Å². The van der Waals surface area contributed by atoms with Gasteiger partial charge in [-0.05, 0) is 12.1 Å². The number of nitrogens with zero attached hydrogens (tertiary/aromatic N) is 2. The quantitative estimate of drug-likeness (QED) is 0.217. The molecule has 0 saturated carbocycles. The van der Waals surface area contributed by atoms with Crippen molar-refractivity contribution < 1.29 is 9.59 Å². The van der Waals surface area contributed by atoms with Crippen molar-refractivity contribution in [1.82, 2.24) is 10.6 Å². The van der Waals surface area contributed by atoms with Gasteiger partial charge >= 0.3 is 0 Å². The SMILES string of the molecule is O=C1NC(=Nc2ccccc2N=C2NC(=O)c3c(Cl)c(Cl)c(Cl)c(Cl)c32)c2c(Cl)c(Cl)c(Cl)c(Cl)c21. The van der Waals surface area contributed by atoms with Crippen LogP contribution >= 0.6 is 92.8 Å². The number of aliphatic imine (C=N–C) groups is 2. The average molecular weight is 642 g/mol. The maximum Gasteiger partial charge on any atom is 0.259 e. The van der Waals surface area contributed by atoms with Crippen LogP contribution in [0.2, 0.25) is 40.2 Å². The first kappa shape index (κ1) is 25.9. The summed E-state index contributed by atoms with van der Waals surface area (Å²) in [5, 5.41) is 5.00. The number of fused-ring (bicyclic) bond motifs is 2. The minimum atomic E-state index is -0.553. The van der Waals surface area contributed by atoms with Gasteiger partial charge in [-0.3, -0.25) is 9.59 Å². The Bertz CT molecular complexity index is 1500. The number of carbonyl (C=O) groups is 2. The molecule has 0 radical (unpaired) electrons. The van der Waals surface area contributed by atoms with Crippen LogP contribution in [-0.4, -0.2) is 23.5 Å². The van der Waals surface area contributed by atoms with Crippen molar-refractivity contribution in [1.29, 1.82) is 0 Å². The van der Waals surface area contributed by atoms with E-state index >= 15 is 0 Å². The first-order valence-corrected chi connectivity index (χ1v) is 12.7. The monoisotopic (exact) mass is 638 g/mol. The van der Waals surface area contributed by atoms with E-state index in [1.165, 1.54) is 0 Å². The Morgan fingerprint density at radius 1 is 0.472 bits per heavy atom. The van der Waals surface area contributed by atoms with Crippen LogP contribution in [0.3, 0.4) is 0 Å². The number of halogens is 8. The van der Waals surface area contributed by atoms with Crippen LogP contribution in [0.15, 0.2) is 34.3 Å². The Morgan fingerprint density at radius 2 is 0.778 bits per heavy atom. The first-order valence-electron chi connectivity index (χ1n) is 9.64. The number of carbonyl (C=O) groups excluding carboxylic acids is 2. The predicted molar refractivity (Wildman–Crippen MR) is 147 cm³/mol. The Kier molecular flexibility index (Phi) is 6.86. The smallest absolute Gasteiger partial charge is 0.259 e. The summed E-state index contributed by atoms with van der Waals surface area (Å²) in [5.41, 5.74) is 1.08. The Labute approximate surface area is 243 Å². The predicted octanol–water partition coefficient (Wildman–Crippen LogP) is 8.56. The normalized spacial score (nSPS) is 16.4. The van der Waals surface area contributed by atoms with Crippen LogP contribution in [0.25, 0.3) is 0 Å². The van der Waals surface area contributed by atoms with Gasteiger partial charge in [0.15, 0.2) is 0 Å². The largest absolute Gasteiger partial charge is 0.306 e. The highest BCUT2D eigenvalue weighted by molar-refractivity contribution is 6.56. The van der Waals surface area contributed by atoms with Crippen molar-refractivity contribution in [2.24, 2.45) is 9.98 Å². The van der Waals surface area contributed by atoms with E-state index in [9.17, 15) is 9.59 Å². The second-order valence-corrected chi connectivity index (χ2v) is 10.4. The molecule has 0 fully saturated rings. The molecule has 6 nitrogen and oxygen atoms in total. The number of benzene rings is 3. The molecule has 0 spiro atoms. The van der Waals surface area contributed by atoms with Gasteiger partial charge in [0.1, 0.15) is 11.7 Å². The lowest BCUT2D eigenvalue weighted by molar-refractivity contribution is 0.0975. The molecule has 0 aromatic heterocycles. The molecule has 2 heterocycles. The number of hydrogen-bond donors (Lipinski definition) is 2. The van der Waals surface area contributed by atoms with Crippen LogP contribution in [-0.2, 0) is 0 Å². The summed E-state index contributed by atoms with van der Waals surface area (Å²) in [6, 6.07) is 6.66. The summed E-state index contributed by atoms with van der Waals surface area (Å²) < 4.78 is 0. The van der Waals surface area contributed by atoms with Gasteiger partial charge in [0.25, 0.3) is 11.8 Å². The number of amidine groups is 2. The summed E-state index contributed by atoms with van der Waals surface area (Å²) in [6.07, 6.45) is 0. The van der Waals surface area contributed by atoms with E-state index in [-0.39, 0.29) is 74.1 Å². The highest BCUT2D eigenvalue weighted by Crippen LogP contribution is 2.45. The van der Waals surface area contributed by atoms with Gasteiger partial charge in [-0.15, -0.1) is 0 Å². The van der Waals surface area contributed by atoms with Crippen molar-refractivity contribution in [2.45, 2.75) is 0 Å². The van der Waals surface area contributed by atoms with E-state index in [2.05, 4.69) is 20.6 Å². The maximum atomic E-state index is 12.6.